The standard InChI is InChI=1S/C11H13BrN2/c1-7(2)3-8-4-10(12)5-9-6-13-14-11(8)9/h4-7H,3H2,1-2H3,(H,13,14). The van der Waals surface area contributed by atoms with E-state index < -0.39 is 0 Å². The summed E-state index contributed by atoms with van der Waals surface area (Å²) in [5.41, 5.74) is 2.50. The predicted octanol–water partition coefficient (Wildman–Crippen LogP) is 3.52. The van der Waals surface area contributed by atoms with Crippen LogP contribution in [0.3, 0.4) is 0 Å². The largest absolute Gasteiger partial charge is 0.278 e. The van der Waals surface area contributed by atoms with Crippen molar-refractivity contribution >= 4 is 26.8 Å². The van der Waals surface area contributed by atoms with Crippen molar-refractivity contribution in [3.8, 4) is 0 Å². The third-order valence-electron chi connectivity index (χ3n) is 2.22. The molecule has 0 fully saturated rings. The molecule has 2 rings (SSSR count). The lowest BCUT2D eigenvalue weighted by molar-refractivity contribution is 0.649. The van der Waals surface area contributed by atoms with E-state index in [0.29, 0.717) is 5.92 Å². The summed E-state index contributed by atoms with van der Waals surface area (Å²) in [5.74, 6) is 0.663. The zero-order chi connectivity index (χ0) is 10.1. The average molecular weight is 253 g/mol. The molecule has 0 unspecified atom stereocenters. The zero-order valence-corrected chi connectivity index (χ0v) is 9.93. The van der Waals surface area contributed by atoms with Crippen LogP contribution in [0.1, 0.15) is 19.4 Å². The van der Waals surface area contributed by atoms with Gasteiger partial charge in [-0.05, 0) is 30.0 Å². The molecule has 2 aromatic rings. The Hall–Kier alpha value is -0.830. The molecular formula is C11H13BrN2. The van der Waals surface area contributed by atoms with E-state index in [9.17, 15) is 0 Å². The molecule has 2 nitrogen and oxygen atoms in total. The number of fused-ring (bicyclic) bond motifs is 1. The van der Waals surface area contributed by atoms with Crippen LogP contribution in [0.15, 0.2) is 22.8 Å². The second-order valence-corrected chi connectivity index (χ2v) is 4.91. The molecule has 0 saturated carbocycles. The van der Waals surface area contributed by atoms with Crippen LogP contribution in [-0.2, 0) is 6.42 Å². The predicted molar refractivity (Wildman–Crippen MR) is 62.3 cm³/mol. The smallest absolute Gasteiger partial charge is 0.0683 e. The van der Waals surface area contributed by atoms with E-state index in [-0.39, 0.29) is 0 Å². The number of hydrogen-bond acceptors (Lipinski definition) is 1. The van der Waals surface area contributed by atoms with E-state index in [1.807, 2.05) is 6.20 Å². The normalized spacial score (nSPS) is 11.4. The summed E-state index contributed by atoms with van der Waals surface area (Å²) in [6.45, 7) is 4.45. The van der Waals surface area contributed by atoms with Gasteiger partial charge < -0.3 is 0 Å². The Balaban J connectivity index is 2.55. The molecule has 1 aromatic carbocycles. The molecule has 0 aliphatic carbocycles. The number of benzene rings is 1. The Morgan fingerprint density at radius 3 is 2.93 bits per heavy atom. The molecule has 0 aliphatic heterocycles. The van der Waals surface area contributed by atoms with Crippen LogP contribution >= 0.6 is 15.9 Å². The van der Waals surface area contributed by atoms with Crippen LogP contribution in [0, 0.1) is 5.92 Å². The van der Waals surface area contributed by atoms with E-state index in [4.69, 9.17) is 0 Å². The fraction of sp³-hybridized carbons (Fsp3) is 0.364. The lowest BCUT2D eigenvalue weighted by Crippen LogP contribution is -1.95. The van der Waals surface area contributed by atoms with Crippen molar-refractivity contribution in [1.82, 2.24) is 10.2 Å². The van der Waals surface area contributed by atoms with Crippen LogP contribution in [0.2, 0.25) is 0 Å². The first-order valence-electron chi connectivity index (χ1n) is 4.78. The second kappa shape index (κ2) is 3.73. The third-order valence-corrected chi connectivity index (χ3v) is 2.68. The lowest BCUT2D eigenvalue weighted by Gasteiger charge is -2.06. The molecule has 0 aliphatic rings. The average Bonchev–Trinajstić information content (AvgIpc) is 2.50. The Bertz CT molecular complexity index is 445. The molecule has 1 heterocycles. The first-order valence-corrected chi connectivity index (χ1v) is 5.57. The summed E-state index contributed by atoms with van der Waals surface area (Å²) in [5, 5.41) is 8.29. The van der Waals surface area contributed by atoms with Gasteiger partial charge in [-0.25, -0.2) is 0 Å². The maximum Gasteiger partial charge on any atom is 0.0683 e. The fourth-order valence-corrected chi connectivity index (χ4v) is 2.21. The van der Waals surface area contributed by atoms with E-state index in [1.165, 1.54) is 16.5 Å². The Morgan fingerprint density at radius 1 is 1.43 bits per heavy atom. The van der Waals surface area contributed by atoms with E-state index >= 15 is 0 Å². The molecule has 1 N–H and O–H groups in total. The van der Waals surface area contributed by atoms with Crippen LogP contribution < -0.4 is 0 Å². The van der Waals surface area contributed by atoms with Crippen LogP contribution in [-0.4, -0.2) is 10.2 Å². The number of H-pyrrole nitrogens is 1. The zero-order valence-electron chi connectivity index (χ0n) is 8.34. The van der Waals surface area contributed by atoms with Crippen LogP contribution in [0.4, 0.5) is 0 Å². The monoisotopic (exact) mass is 252 g/mol. The van der Waals surface area contributed by atoms with Crippen molar-refractivity contribution in [3.63, 3.8) is 0 Å². The number of aromatic amines is 1. The van der Waals surface area contributed by atoms with Gasteiger partial charge in [-0.15, -0.1) is 0 Å². The maximum atomic E-state index is 4.06. The van der Waals surface area contributed by atoms with Gasteiger partial charge in [0, 0.05) is 9.86 Å². The minimum absolute atomic E-state index is 0.663. The van der Waals surface area contributed by atoms with Crippen molar-refractivity contribution in [2.24, 2.45) is 5.92 Å². The number of hydrogen-bond donors (Lipinski definition) is 1. The fourth-order valence-electron chi connectivity index (χ4n) is 1.69. The van der Waals surface area contributed by atoms with Crippen molar-refractivity contribution in [2.75, 3.05) is 0 Å². The summed E-state index contributed by atoms with van der Waals surface area (Å²) in [6, 6.07) is 4.25. The van der Waals surface area contributed by atoms with Gasteiger partial charge in [0.25, 0.3) is 0 Å². The number of nitrogens with zero attached hydrogens (tertiary/aromatic N) is 1. The van der Waals surface area contributed by atoms with Gasteiger partial charge in [0.1, 0.15) is 0 Å². The first-order chi connectivity index (χ1) is 6.66. The number of halogens is 1. The topological polar surface area (TPSA) is 28.7 Å². The third kappa shape index (κ3) is 1.82. The molecule has 0 saturated heterocycles. The highest BCUT2D eigenvalue weighted by atomic mass is 79.9. The Morgan fingerprint density at radius 2 is 2.21 bits per heavy atom. The van der Waals surface area contributed by atoms with E-state index in [0.717, 1.165) is 10.9 Å². The SMILES string of the molecule is CC(C)Cc1cc(Br)cc2cn[nH]c12. The highest BCUT2D eigenvalue weighted by molar-refractivity contribution is 9.10. The molecule has 74 valence electrons. The van der Waals surface area contributed by atoms with E-state index in [1.54, 1.807) is 0 Å². The highest BCUT2D eigenvalue weighted by Gasteiger charge is 2.06. The summed E-state index contributed by atoms with van der Waals surface area (Å²) in [6.07, 6.45) is 2.95. The van der Waals surface area contributed by atoms with Crippen molar-refractivity contribution in [3.05, 3.63) is 28.4 Å². The lowest BCUT2D eigenvalue weighted by atomic mass is 10.0. The van der Waals surface area contributed by atoms with Crippen molar-refractivity contribution in [1.29, 1.82) is 0 Å². The van der Waals surface area contributed by atoms with Gasteiger partial charge in [0.15, 0.2) is 0 Å². The maximum absolute atomic E-state index is 4.06. The summed E-state index contributed by atoms with van der Waals surface area (Å²) in [4.78, 5) is 0. The molecule has 0 radical (unpaired) electrons. The molecule has 0 spiro atoms. The van der Waals surface area contributed by atoms with Gasteiger partial charge in [-0.1, -0.05) is 29.8 Å². The number of rotatable bonds is 2. The quantitative estimate of drug-likeness (QED) is 0.871. The summed E-state index contributed by atoms with van der Waals surface area (Å²) in [7, 11) is 0. The molecule has 1 aromatic heterocycles. The molecule has 0 atom stereocenters. The van der Waals surface area contributed by atoms with Crippen LogP contribution in [0.25, 0.3) is 10.9 Å². The number of aromatic nitrogens is 2. The number of nitrogens with one attached hydrogen (secondary N) is 1. The van der Waals surface area contributed by atoms with Gasteiger partial charge in [0.2, 0.25) is 0 Å². The van der Waals surface area contributed by atoms with Gasteiger partial charge in [-0.3, -0.25) is 5.10 Å². The first kappa shape index (κ1) is 9.71. The minimum atomic E-state index is 0.663. The second-order valence-electron chi connectivity index (χ2n) is 4.00. The van der Waals surface area contributed by atoms with Crippen molar-refractivity contribution < 1.29 is 0 Å². The summed E-state index contributed by atoms with van der Waals surface area (Å²) >= 11 is 3.52. The molecule has 0 bridgehead atoms. The molecule has 0 amide bonds. The Kier molecular flexibility index (Phi) is 2.59. The van der Waals surface area contributed by atoms with E-state index in [2.05, 4.69) is 52.1 Å². The van der Waals surface area contributed by atoms with Gasteiger partial charge in [-0.2, -0.15) is 5.10 Å². The highest BCUT2D eigenvalue weighted by Crippen LogP contribution is 2.24. The molecule has 3 heteroatoms. The minimum Gasteiger partial charge on any atom is -0.278 e. The van der Waals surface area contributed by atoms with Crippen LogP contribution in [0.5, 0.6) is 0 Å². The van der Waals surface area contributed by atoms with Crippen molar-refractivity contribution in [2.45, 2.75) is 20.3 Å². The van der Waals surface area contributed by atoms with Gasteiger partial charge in [0.05, 0.1) is 11.7 Å². The summed E-state index contributed by atoms with van der Waals surface area (Å²) < 4.78 is 1.13. The van der Waals surface area contributed by atoms with Gasteiger partial charge >= 0.3 is 0 Å². The molecule has 14 heavy (non-hydrogen) atoms. The molecular weight excluding hydrogens is 240 g/mol. The Labute approximate surface area is 91.8 Å².